The number of ether oxygens (including phenoxy) is 2. The zero-order valence-corrected chi connectivity index (χ0v) is 14.8. The summed E-state index contributed by atoms with van der Waals surface area (Å²) < 4.78 is 10.3. The Bertz CT molecular complexity index is 776. The van der Waals surface area contributed by atoms with Crippen molar-refractivity contribution < 1.29 is 19.1 Å². The van der Waals surface area contributed by atoms with E-state index in [9.17, 15) is 9.59 Å². The summed E-state index contributed by atoms with van der Waals surface area (Å²) in [6.45, 7) is 5.93. The SMILES string of the molecule is C=C(C/C(=C\c1ccccc1)C(=O)OCC)C(=O)OCc1ccccc1. The van der Waals surface area contributed by atoms with E-state index in [2.05, 4.69) is 6.58 Å². The second-order valence-corrected chi connectivity index (χ2v) is 5.64. The molecule has 0 aromatic heterocycles. The second kappa shape index (κ2) is 9.99. The Hall–Kier alpha value is -3.14. The van der Waals surface area contributed by atoms with Crippen molar-refractivity contribution >= 4 is 18.0 Å². The van der Waals surface area contributed by atoms with Crippen molar-refractivity contribution in [2.45, 2.75) is 20.0 Å². The first-order valence-corrected chi connectivity index (χ1v) is 8.41. The molecule has 134 valence electrons. The molecule has 4 nitrogen and oxygen atoms in total. The third-order valence-corrected chi connectivity index (χ3v) is 3.58. The highest BCUT2D eigenvalue weighted by atomic mass is 16.5. The van der Waals surface area contributed by atoms with Gasteiger partial charge in [0.1, 0.15) is 6.61 Å². The minimum absolute atomic E-state index is 0.0708. The van der Waals surface area contributed by atoms with Gasteiger partial charge in [0.05, 0.1) is 6.61 Å². The summed E-state index contributed by atoms with van der Waals surface area (Å²) in [5.41, 5.74) is 2.30. The number of hydrogen-bond acceptors (Lipinski definition) is 4. The lowest BCUT2D eigenvalue weighted by atomic mass is 10.0. The number of carbonyl (C=O) groups excluding carboxylic acids is 2. The van der Waals surface area contributed by atoms with Crippen LogP contribution in [0, 0.1) is 0 Å². The van der Waals surface area contributed by atoms with Crippen LogP contribution in [0.3, 0.4) is 0 Å². The van der Waals surface area contributed by atoms with Crippen LogP contribution in [0.2, 0.25) is 0 Å². The first kappa shape index (κ1) is 19.2. The van der Waals surface area contributed by atoms with Gasteiger partial charge in [-0.3, -0.25) is 0 Å². The van der Waals surface area contributed by atoms with Crippen molar-refractivity contribution in [1.29, 1.82) is 0 Å². The Balaban J connectivity index is 2.04. The van der Waals surface area contributed by atoms with Crippen LogP contribution >= 0.6 is 0 Å². The molecule has 0 aliphatic carbocycles. The molecule has 0 fully saturated rings. The van der Waals surface area contributed by atoms with E-state index in [4.69, 9.17) is 9.47 Å². The number of esters is 2. The standard InChI is InChI=1S/C22H22O4/c1-3-25-22(24)20(15-18-10-6-4-7-11-18)14-17(2)21(23)26-16-19-12-8-5-9-13-19/h4-13,15H,2-3,14,16H2,1H3/b20-15+. The summed E-state index contributed by atoms with van der Waals surface area (Å²) in [6, 6.07) is 18.8. The fraction of sp³-hybridized carbons (Fsp3) is 0.182. The van der Waals surface area contributed by atoms with Crippen LogP contribution in [0.5, 0.6) is 0 Å². The van der Waals surface area contributed by atoms with E-state index >= 15 is 0 Å². The largest absolute Gasteiger partial charge is 0.463 e. The first-order chi connectivity index (χ1) is 12.6. The molecule has 0 heterocycles. The fourth-order valence-electron chi connectivity index (χ4n) is 2.28. The molecule has 4 heteroatoms. The topological polar surface area (TPSA) is 52.6 Å². The molecule has 0 N–H and O–H groups in total. The molecule has 0 amide bonds. The molecule has 0 saturated heterocycles. The minimum Gasteiger partial charge on any atom is -0.463 e. The quantitative estimate of drug-likeness (QED) is 0.525. The second-order valence-electron chi connectivity index (χ2n) is 5.64. The van der Waals surface area contributed by atoms with Crippen LogP contribution in [0.1, 0.15) is 24.5 Å². The van der Waals surface area contributed by atoms with E-state index in [-0.39, 0.29) is 25.2 Å². The molecule has 2 aromatic rings. The maximum absolute atomic E-state index is 12.2. The summed E-state index contributed by atoms with van der Waals surface area (Å²) in [7, 11) is 0. The van der Waals surface area contributed by atoms with Gasteiger partial charge in [0, 0.05) is 17.6 Å². The predicted octanol–water partition coefficient (Wildman–Crippen LogP) is 4.32. The highest BCUT2D eigenvalue weighted by Gasteiger charge is 2.17. The smallest absolute Gasteiger partial charge is 0.334 e. The van der Waals surface area contributed by atoms with E-state index in [1.165, 1.54) is 0 Å². The number of rotatable bonds is 8. The highest BCUT2D eigenvalue weighted by Crippen LogP contribution is 2.17. The molecule has 0 bridgehead atoms. The zero-order valence-electron chi connectivity index (χ0n) is 14.8. The summed E-state index contributed by atoms with van der Waals surface area (Å²) in [5.74, 6) is -0.995. The van der Waals surface area contributed by atoms with Crippen LogP contribution < -0.4 is 0 Å². The van der Waals surface area contributed by atoms with Crippen molar-refractivity contribution in [3.05, 3.63) is 89.5 Å². The Labute approximate surface area is 153 Å². The lowest BCUT2D eigenvalue weighted by Crippen LogP contribution is -2.13. The normalized spacial score (nSPS) is 10.9. The van der Waals surface area contributed by atoms with Crippen LogP contribution in [0.15, 0.2) is 78.4 Å². The van der Waals surface area contributed by atoms with Gasteiger partial charge in [0.15, 0.2) is 0 Å². The van der Waals surface area contributed by atoms with Gasteiger partial charge < -0.3 is 9.47 Å². The lowest BCUT2D eigenvalue weighted by Gasteiger charge is -2.10. The van der Waals surface area contributed by atoms with Crippen molar-refractivity contribution in [1.82, 2.24) is 0 Å². The molecular formula is C22H22O4. The van der Waals surface area contributed by atoms with E-state index < -0.39 is 11.9 Å². The van der Waals surface area contributed by atoms with Crippen molar-refractivity contribution in [2.75, 3.05) is 6.61 Å². The summed E-state index contributed by atoms with van der Waals surface area (Å²) in [4.78, 5) is 24.4. The maximum atomic E-state index is 12.2. The van der Waals surface area contributed by atoms with E-state index in [1.54, 1.807) is 13.0 Å². The zero-order chi connectivity index (χ0) is 18.8. The van der Waals surface area contributed by atoms with Crippen molar-refractivity contribution in [2.24, 2.45) is 0 Å². The predicted molar refractivity (Wildman–Crippen MR) is 101 cm³/mol. The lowest BCUT2D eigenvalue weighted by molar-refractivity contribution is -0.140. The van der Waals surface area contributed by atoms with Gasteiger partial charge in [0.2, 0.25) is 0 Å². The molecular weight excluding hydrogens is 328 g/mol. The summed E-state index contributed by atoms with van der Waals surface area (Å²) in [5, 5.41) is 0. The van der Waals surface area contributed by atoms with E-state index in [0.29, 0.717) is 5.57 Å². The summed E-state index contributed by atoms with van der Waals surface area (Å²) in [6.07, 6.45) is 1.77. The molecule has 2 rings (SSSR count). The molecule has 0 spiro atoms. The number of carbonyl (C=O) groups is 2. The van der Waals surface area contributed by atoms with Gasteiger partial charge in [0.25, 0.3) is 0 Å². The molecule has 26 heavy (non-hydrogen) atoms. The Kier molecular flexibility index (Phi) is 7.37. The highest BCUT2D eigenvalue weighted by molar-refractivity contribution is 5.97. The Morgan fingerprint density at radius 1 is 0.923 bits per heavy atom. The van der Waals surface area contributed by atoms with Gasteiger partial charge in [-0.2, -0.15) is 0 Å². The first-order valence-electron chi connectivity index (χ1n) is 8.41. The average Bonchev–Trinajstić information content (AvgIpc) is 2.67. The van der Waals surface area contributed by atoms with Crippen LogP contribution in [0.25, 0.3) is 6.08 Å². The Morgan fingerprint density at radius 2 is 1.54 bits per heavy atom. The van der Waals surface area contributed by atoms with E-state index in [1.807, 2.05) is 60.7 Å². The van der Waals surface area contributed by atoms with Crippen molar-refractivity contribution in [3.8, 4) is 0 Å². The molecule has 0 aliphatic rings. The Morgan fingerprint density at radius 3 is 2.15 bits per heavy atom. The molecule has 0 radical (unpaired) electrons. The average molecular weight is 350 g/mol. The maximum Gasteiger partial charge on any atom is 0.334 e. The van der Waals surface area contributed by atoms with Crippen LogP contribution in [-0.2, 0) is 25.7 Å². The van der Waals surface area contributed by atoms with Gasteiger partial charge in [-0.05, 0) is 24.1 Å². The van der Waals surface area contributed by atoms with Gasteiger partial charge in [-0.25, -0.2) is 9.59 Å². The van der Waals surface area contributed by atoms with Crippen molar-refractivity contribution in [3.63, 3.8) is 0 Å². The molecule has 0 aliphatic heterocycles. The van der Waals surface area contributed by atoms with Gasteiger partial charge >= 0.3 is 11.9 Å². The molecule has 0 unspecified atom stereocenters. The van der Waals surface area contributed by atoms with E-state index in [0.717, 1.165) is 11.1 Å². The number of hydrogen-bond donors (Lipinski definition) is 0. The fourth-order valence-corrected chi connectivity index (χ4v) is 2.28. The third kappa shape index (κ3) is 6.06. The van der Waals surface area contributed by atoms with Crippen LogP contribution in [-0.4, -0.2) is 18.5 Å². The molecule has 0 atom stereocenters. The molecule has 2 aromatic carbocycles. The van der Waals surface area contributed by atoms with Crippen LogP contribution in [0.4, 0.5) is 0 Å². The van der Waals surface area contributed by atoms with Gasteiger partial charge in [-0.1, -0.05) is 67.2 Å². The third-order valence-electron chi connectivity index (χ3n) is 3.58. The minimum atomic E-state index is -0.530. The molecule has 0 saturated carbocycles. The number of benzene rings is 2. The summed E-state index contributed by atoms with van der Waals surface area (Å²) >= 11 is 0. The van der Waals surface area contributed by atoms with Gasteiger partial charge in [-0.15, -0.1) is 0 Å². The monoisotopic (exact) mass is 350 g/mol.